The van der Waals surface area contributed by atoms with Crippen molar-refractivity contribution in [2.75, 3.05) is 18.5 Å². The van der Waals surface area contributed by atoms with Crippen molar-refractivity contribution >= 4 is 11.7 Å². The van der Waals surface area contributed by atoms with Gasteiger partial charge in [-0.15, -0.1) is 0 Å². The first-order valence-electron chi connectivity index (χ1n) is 6.50. The third-order valence-corrected chi connectivity index (χ3v) is 3.07. The van der Waals surface area contributed by atoms with E-state index >= 15 is 0 Å². The van der Waals surface area contributed by atoms with Gasteiger partial charge in [-0.2, -0.15) is 0 Å². The minimum absolute atomic E-state index is 0.0647. The lowest BCUT2D eigenvalue weighted by atomic mass is 10.2. The second kappa shape index (κ2) is 6.14. The number of nitrogens with one attached hydrogen (secondary N) is 1. The van der Waals surface area contributed by atoms with Crippen LogP contribution in [0.5, 0.6) is 0 Å². The summed E-state index contributed by atoms with van der Waals surface area (Å²) >= 11 is 0. The standard InChI is InChI=1S/C15H19N5/c1-11-9-12(15(16)17)10-14(19-11)20(2)8-6-13-5-3-4-7-18-13/h3-5,7,9-10H,6,8H2,1-2H3,(H3,16,17). The monoisotopic (exact) mass is 269 g/mol. The molecule has 0 aliphatic carbocycles. The molecule has 0 aliphatic rings. The number of hydrogen-bond acceptors (Lipinski definition) is 4. The van der Waals surface area contributed by atoms with Crippen LogP contribution in [0.2, 0.25) is 0 Å². The van der Waals surface area contributed by atoms with Crippen LogP contribution in [-0.4, -0.2) is 29.4 Å². The Balaban J connectivity index is 2.09. The van der Waals surface area contributed by atoms with Crippen molar-refractivity contribution in [3.8, 4) is 0 Å². The fraction of sp³-hybridized carbons (Fsp3) is 0.267. The van der Waals surface area contributed by atoms with Gasteiger partial charge in [0.25, 0.3) is 0 Å². The summed E-state index contributed by atoms with van der Waals surface area (Å²) in [5.41, 5.74) is 8.16. The lowest BCUT2D eigenvalue weighted by molar-refractivity contribution is 0.836. The highest BCUT2D eigenvalue weighted by molar-refractivity contribution is 5.95. The molecule has 5 heteroatoms. The number of anilines is 1. The van der Waals surface area contributed by atoms with E-state index in [0.29, 0.717) is 5.56 Å². The van der Waals surface area contributed by atoms with Gasteiger partial charge in [0.05, 0.1) is 0 Å². The predicted molar refractivity (Wildman–Crippen MR) is 81.2 cm³/mol. The molecule has 2 heterocycles. The molecule has 0 atom stereocenters. The number of amidine groups is 1. The van der Waals surface area contributed by atoms with Gasteiger partial charge >= 0.3 is 0 Å². The second-order valence-corrected chi connectivity index (χ2v) is 4.76. The van der Waals surface area contributed by atoms with Gasteiger partial charge in [-0.3, -0.25) is 10.4 Å². The first-order chi connectivity index (χ1) is 9.56. The van der Waals surface area contributed by atoms with Crippen LogP contribution in [0.4, 0.5) is 5.82 Å². The van der Waals surface area contributed by atoms with E-state index in [2.05, 4.69) is 9.97 Å². The minimum atomic E-state index is 0.0647. The summed E-state index contributed by atoms with van der Waals surface area (Å²) in [6, 6.07) is 9.57. The molecule has 0 amide bonds. The zero-order chi connectivity index (χ0) is 14.5. The van der Waals surface area contributed by atoms with Gasteiger partial charge in [-0.25, -0.2) is 4.98 Å². The van der Waals surface area contributed by atoms with Crippen LogP contribution >= 0.6 is 0 Å². The maximum atomic E-state index is 7.53. The number of nitrogen functional groups attached to an aromatic ring is 1. The Morgan fingerprint density at radius 2 is 2.15 bits per heavy atom. The van der Waals surface area contributed by atoms with Gasteiger partial charge < -0.3 is 10.6 Å². The largest absolute Gasteiger partial charge is 0.384 e. The second-order valence-electron chi connectivity index (χ2n) is 4.76. The van der Waals surface area contributed by atoms with Crippen LogP contribution in [0.1, 0.15) is 17.0 Å². The van der Waals surface area contributed by atoms with Crippen LogP contribution in [0, 0.1) is 12.3 Å². The van der Waals surface area contributed by atoms with E-state index < -0.39 is 0 Å². The summed E-state index contributed by atoms with van der Waals surface area (Å²) in [5, 5.41) is 7.53. The Bertz CT molecular complexity index is 594. The number of aromatic nitrogens is 2. The summed E-state index contributed by atoms with van der Waals surface area (Å²) in [6.07, 6.45) is 2.65. The Kier molecular flexibility index (Phi) is 4.30. The highest BCUT2D eigenvalue weighted by Gasteiger charge is 2.07. The molecule has 2 aromatic heterocycles. The number of aryl methyl sites for hydroxylation is 1. The summed E-state index contributed by atoms with van der Waals surface area (Å²) < 4.78 is 0. The van der Waals surface area contributed by atoms with Crippen molar-refractivity contribution in [3.63, 3.8) is 0 Å². The molecule has 0 aliphatic heterocycles. The van der Waals surface area contributed by atoms with Gasteiger partial charge in [0.2, 0.25) is 0 Å². The predicted octanol–water partition coefficient (Wildman–Crippen LogP) is 1.75. The lowest BCUT2D eigenvalue weighted by Crippen LogP contribution is -2.23. The number of likely N-dealkylation sites (N-methyl/N-ethyl adjacent to an activating group) is 1. The zero-order valence-electron chi connectivity index (χ0n) is 11.8. The molecule has 0 saturated carbocycles. The molecule has 0 saturated heterocycles. The van der Waals surface area contributed by atoms with E-state index in [1.54, 1.807) is 6.20 Å². The smallest absolute Gasteiger partial charge is 0.129 e. The summed E-state index contributed by atoms with van der Waals surface area (Å²) in [4.78, 5) is 10.8. The molecule has 20 heavy (non-hydrogen) atoms. The normalized spacial score (nSPS) is 10.3. The van der Waals surface area contributed by atoms with Gasteiger partial charge in [0.15, 0.2) is 0 Å². The first-order valence-corrected chi connectivity index (χ1v) is 6.50. The van der Waals surface area contributed by atoms with Crippen LogP contribution < -0.4 is 10.6 Å². The number of pyridine rings is 2. The average Bonchev–Trinajstić information content (AvgIpc) is 2.45. The van der Waals surface area contributed by atoms with E-state index in [0.717, 1.165) is 30.2 Å². The molecule has 104 valence electrons. The maximum absolute atomic E-state index is 7.53. The number of hydrogen-bond donors (Lipinski definition) is 2. The van der Waals surface area contributed by atoms with Crippen molar-refractivity contribution in [1.29, 1.82) is 5.41 Å². The Morgan fingerprint density at radius 3 is 2.80 bits per heavy atom. The third kappa shape index (κ3) is 3.54. The topological polar surface area (TPSA) is 78.9 Å². The highest BCUT2D eigenvalue weighted by Crippen LogP contribution is 2.14. The van der Waals surface area contributed by atoms with Crippen molar-refractivity contribution < 1.29 is 0 Å². The average molecular weight is 269 g/mol. The van der Waals surface area contributed by atoms with E-state index in [1.165, 1.54) is 0 Å². The lowest BCUT2D eigenvalue weighted by Gasteiger charge is -2.19. The number of nitrogens with zero attached hydrogens (tertiary/aromatic N) is 3. The fourth-order valence-electron chi connectivity index (χ4n) is 1.94. The SMILES string of the molecule is Cc1cc(C(=N)N)cc(N(C)CCc2ccccn2)n1. The van der Waals surface area contributed by atoms with Gasteiger partial charge in [-0.05, 0) is 31.2 Å². The summed E-state index contributed by atoms with van der Waals surface area (Å²) in [7, 11) is 1.98. The van der Waals surface area contributed by atoms with Crippen LogP contribution in [0.3, 0.4) is 0 Å². The molecule has 0 radical (unpaired) electrons. The Morgan fingerprint density at radius 1 is 1.35 bits per heavy atom. The molecule has 3 N–H and O–H groups in total. The third-order valence-electron chi connectivity index (χ3n) is 3.07. The van der Waals surface area contributed by atoms with E-state index in [1.807, 2.05) is 49.2 Å². The zero-order valence-corrected chi connectivity index (χ0v) is 11.8. The molecule has 0 spiro atoms. The van der Waals surface area contributed by atoms with Crippen LogP contribution in [0.15, 0.2) is 36.5 Å². The van der Waals surface area contributed by atoms with Crippen molar-refractivity contribution in [2.45, 2.75) is 13.3 Å². The van der Waals surface area contributed by atoms with Crippen molar-refractivity contribution in [2.24, 2.45) is 5.73 Å². The Hall–Kier alpha value is -2.43. The fourth-order valence-corrected chi connectivity index (χ4v) is 1.94. The summed E-state index contributed by atoms with van der Waals surface area (Å²) in [6.45, 7) is 2.72. The van der Waals surface area contributed by atoms with Crippen LogP contribution in [-0.2, 0) is 6.42 Å². The number of nitrogens with two attached hydrogens (primary N) is 1. The minimum Gasteiger partial charge on any atom is -0.384 e. The molecular weight excluding hydrogens is 250 g/mol. The number of rotatable bonds is 5. The quantitative estimate of drug-likeness (QED) is 0.640. The van der Waals surface area contributed by atoms with Gasteiger partial charge in [0, 0.05) is 43.2 Å². The van der Waals surface area contributed by atoms with Crippen LogP contribution in [0.25, 0.3) is 0 Å². The maximum Gasteiger partial charge on any atom is 0.129 e. The van der Waals surface area contributed by atoms with E-state index in [-0.39, 0.29) is 5.84 Å². The molecule has 0 fully saturated rings. The molecule has 0 bridgehead atoms. The van der Waals surface area contributed by atoms with E-state index in [9.17, 15) is 0 Å². The van der Waals surface area contributed by atoms with Gasteiger partial charge in [0.1, 0.15) is 11.7 Å². The molecule has 2 rings (SSSR count). The van der Waals surface area contributed by atoms with Crippen molar-refractivity contribution in [1.82, 2.24) is 9.97 Å². The molecule has 0 unspecified atom stereocenters. The molecular formula is C15H19N5. The highest BCUT2D eigenvalue weighted by atomic mass is 15.2. The van der Waals surface area contributed by atoms with E-state index in [4.69, 9.17) is 11.1 Å². The first kappa shape index (κ1) is 14.0. The van der Waals surface area contributed by atoms with Gasteiger partial charge in [-0.1, -0.05) is 6.07 Å². The molecule has 2 aromatic rings. The molecule has 0 aromatic carbocycles. The molecule has 5 nitrogen and oxygen atoms in total. The van der Waals surface area contributed by atoms with Crippen molar-refractivity contribution in [3.05, 3.63) is 53.5 Å². The Labute approximate surface area is 119 Å². The summed E-state index contributed by atoms with van der Waals surface area (Å²) in [5.74, 6) is 0.890.